The Bertz CT molecular complexity index is 699. The Balaban J connectivity index is 2.80. The maximum absolute atomic E-state index is 12.5. The van der Waals surface area contributed by atoms with Crippen molar-refractivity contribution in [3.8, 4) is 0 Å². The summed E-state index contributed by atoms with van der Waals surface area (Å²) in [6, 6.07) is 5.27. The highest BCUT2D eigenvalue weighted by molar-refractivity contribution is 7.89. The van der Waals surface area contributed by atoms with Crippen LogP contribution in [-0.2, 0) is 24.3 Å². The fraction of sp³-hybridized carbons (Fsp3) is 0.556. The van der Waals surface area contributed by atoms with Gasteiger partial charge in [-0.15, -0.1) is 0 Å². The van der Waals surface area contributed by atoms with Crippen molar-refractivity contribution < 1.29 is 22.7 Å². The van der Waals surface area contributed by atoms with E-state index in [9.17, 15) is 18.0 Å². The van der Waals surface area contributed by atoms with E-state index in [-0.39, 0.29) is 17.2 Å². The summed E-state index contributed by atoms with van der Waals surface area (Å²) in [4.78, 5) is 23.9. The second kappa shape index (κ2) is 10.3. The van der Waals surface area contributed by atoms with E-state index in [1.165, 1.54) is 12.1 Å². The van der Waals surface area contributed by atoms with Crippen LogP contribution in [0.25, 0.3) is 0 Å². The summed E-state index contributed by atoms with van der Waals surface area (Å²) >= 11 is 0. The normalized spacial score (nSPS) is 12.7. The van der Waals surface area contributed by atoms with Crippen LogP contribution in [0.3, 0.4) is 0 Å². The minimum Gasteiger partial charge on any atom is -0.454 e. The number of aryl methyl sites for hydroxylation is 1. The highest BCUT2D eigenvalue weighted by Gasteiger charge is 2.28. The van der Waals surface area contributed by atoms with Gasteiger partial charge < -0.3 is 10.1 Å². The van der Waals surface area contributed by atoms with E-state index in [0.29, 0.717) is 6.54 Å². The summed E-state index contributed by atoms with van der Waals surface area (Å²) in [6.07, 6.45) is 1.03. The molecule has 0 bridgehead atoms. The van der Waals surface area contributed by atoms with Crippen molar-refractivity contribution in [1.82, 2.24) is 10.0 Å². The Labute approximate surface area is 155 Å². The number of carbonyl (C=O) groups excluding carboxylic acids is 2. The molecule has 1 amide bonds. The van der Waals surface area contributed by atoms with E-state index in [1.807, 2.05) is 27.7 Å². The van der Waals surface area contributed by atoms with Crippen molar-refractivity contribution in [2.24, 2.45) is 5.92 Å². The van der Waals surface area contributed by atoms with Crippen LogP contribution < -0.4 is 10.0 Å². The number of carbonyl (C=O) groups is 2. The molecular formula is C18H28N2O5S. The molecule has 0 aliphatic rings. The molecule has 1 rings (SSSR count). The first-order valence-electron chi connectivity index (χ1n) is 8.68. The van der Waals surface area contributed by atoms with Crippen LogP contribution in [0.2, 0.25) is 0 Å². The minimum absolute atomic E-state index is 0.0576. The zero-order valence-corrected chi connectivity index (χ0v) is 16.6. The van der Waals surface area contributed by atoms with Gasteiger partial charge in [-0.3, -0.25) is 9.59 Å². The van der Waals surface area contributed by atoms with Crippen LogP contribution in [0.15, 0.2) is 29.2 Å². The molecule has 0 saturated heterocycles. The molecular weight excluding hydrogens is 356 g/mol. The summed E-state index contributed by atoms with van der Waals surface area (Å²) in [5.74, 6) is -1.12. The minimum atomic E-state index is -3.87. The molecule has 0 aromatic heterocycles. The number of esters is 1. The first kappa shape index (κ1) is 22.1. The molecule has 0 heterocycles. The van der Waals surface area contributed by atoms with Crippen LogP contribution in [0, 0.1) is 12.8 Å². The van der Waals surface area contributed by atoms with Crippen molar-refractivity contribution >= 4 is 21.9 Å². The monoisotopic (exact) mass is 384 g/mol. The Morgan fingerprint density at radius 1 is 1.15 bits per heavy atom. The van der Waals surface area contributed by atoms with E-state index in [2.05, 4.69) is 10.0 Å². The molecule has 0 saturated carbocycles. The summed E-state index contributed by atoms with van der Waals surface area (Å²) in [7, 11) is -3.87. The fourth-order valence-electron chi connectivity index (χ4n) is 2.19. The van der Waals surface area contributed by atoms with E-state index < -0.39 is 34.5 Å². The Hall–Kier alpha value is -1.93. The van der Waals surface area contributed by atoms with Gasteiger partial charge in [0.1, 0.15) is 6.04 Å². The molecule has 1 aromatic rings. The Kier molecular flexibility index (Phi) is 8.74. The van der Waals surface area contributed by atoms with Crippen LogP contribution >= 0.6 is 0 Å². The summed E-state index contributed by atoms with van der Waals surface area (Å²) in [5.41, 5.74) is 0.931. The van der Waals surface area contributed by atoms with Gasteiger partial charge in [-0.2, -0.15) is 4.72 Å². The standard InChI is InChI=1S/C18H28N2O5S/c1-5-10-19-17(21)12-25-18(22)16(11-13(2)3)20-26(23,24)15-8-6-14(4)7-9-15/h6-9,13,16,20H,5,10-12H2,1-4H3,(H,19,21)/t16-/m0/s1. The number of benzene rings is 1. The van der Waals surface area contributed by atoms with Crippen LogP contribution in [0.5, 0.6) is 0 Å². The van der Waals surface area contributed by atoms with Gasteiger partial charge >= 0.3 is 5.97 Å². The highest BCUT2D eigenvalue weighted by atomic mass is 32.2. The van der Waals surface area contributed by atoms with Crippen molar-refractivity contribution in [2.75, 3.05) is 13.2 Å². The predicted octanol–water partition coefficient (Wildman–Crippen LogP) is 1.76. The van der Waals surface area contributed by atoms with E-state index >= 15 is 0 Å². The first-order chi connectivity index (χ1) is 12.2. The zero-order chi connectivity index (χ0) is 19.7. The first-order valence-corrected chi connectivity index (χ1v) is 10.2. The van der Waals surface area contributed by atoms with E-state index in [1.54, 1.807) is 12.1 Å². The van der Waals surface area contributed by atoms with Crippen molar-refractivity contribution in [2.45, 2.75) is 51.5 Å². The molecule has 0 fully saturated rings. The Morgan fingerprint density at radius 2 is 1.77 bits per heavy atom. The Morgan fingerprint density at radius 3 is 2.31 bits per heavy atom. The lowest BCUT2D eigenvalue weighted by Crippen LogP contribution is -2.43. The van der Waals surface area contributed by atoms with Crippen molar-refractivity contribution in [1.29, 1.82) is 0 Å². The molecule has 1 aromatic carbocycles. The number of ether oxygens (including phenoxy) is 1. The molecule has 2 N–H and O–H groups in total. The molecule has 26 heavy (non-hydrogen) atoms. The molecule has 0 spiro atoms. The van der Waals surface area contributed by atoms with E-state index in [0.717, 1.165) is 12.0 Å². The van der Waals surface area contributed by atoms with Gasteiger partial charge in [-0.25, -0.2) is 8.42 Å². The highest BCUT2D eigenvalue weighted by Crippen LogP contribution is 2.14. The van der Waals surface area contributed by atoms with Gasteiger partial charge in [-0.05, 0) is 37.8 Å². The molecule has 0 aliphatic carbocycles. The quantitative estimate of drug-likeness (QED) is 0.599. The van der Waals surface area contributed by atoms with Gasteiger partial charge in [-0.1, -0.05) is 38.5 Å². The third-order valence-electron chi connectivity index (χ3n) is 3.54. The maximum Gasteiger partial charge on any atom is 0.324 e. The van der Waals surface area contributed by atoms with E-state index in [4.69, 9.17) is 4.74 Å². The number of hydrogen-bond acceptors (Lipinski definition) is 5. The molecule has 146 valence electrons. The summed E-state index contributed by atoms with van der Waals surface area (Å²) in [5, 5.41) is 2.59. The second-order valence-corrected chi connectivity index (χ2v) is 8.29. The second-order valence-electron chi connectivity index (χ2n) is 6.57. The third-order valence-corrected chi connectivity index (χ3v) is 5.03. The number of rotatable bonds is 10. The average molecular weight is 384 g/mol. The molecule has 0 unspecified atom stereocenters. The molecule has 1 atom stereocenters. The van der Waals surface area contributed by atoms with Crippen molar-refractivity contribution in [3.63, 3.8) is 0 Å². The average Bonchev–Trinajstić information content (AvgIpc) is 2.57. The third kappa shape index (κ3) is 7.53. The maximum atomic E-state index is 12.5. The number of nitrogens with one attached hydrogen (secondary N) is 2. The molecule has 7 nitrogen and oxygen atoms in total. The zero-order valence-electron chi connectivity index (χ0n) is 15.7. The van der Waals surface area contributed by atoms with Crippen LogP contribution in [0.4, 0.5) is 0 Å². The fourth-order valence-corrected chi connectivity index (χ4v) is 3.39. The molecule has 0 aliphatic heterocycles. The number of sulfonamides is 1. The smallest absolute Gasteiger partial charge is 0.324 e. The molecule has 8 heteroatoms. The lowest BCUT2D eigenvalue weighted by atomic mass is 10.1. The lowest BCUT2D eigenvalue weighted by molar-refractivity contribution is -0.150. The van der Waals surface area contributed by atoms with Crippen LogP contribution in [-0.4, -0.2) is 39.5 Å². The topological polar surface area (TPSA) is 102 Å². The van der Waals surface area contributed by atoms with Gasteiger partial charge in [0.25, 0.3) is 5.91 Å². The SMILES string of the molecule is CCCNC(=O)COC(=O)[C@H](CC(C)C)NS(=O)(=O)c1ccc(C)cc1. The summed E-state index contributed by atoms with van der Waals surface area (Å²) in [6.45, 7) is 7.56. The predicted molar refractivity (Wildman–Crippen MR) is 99.0 cm³/mol. The van der Waals surface area contributed by atoms with Gasteiger partial charge in [0.15, 0.2) is 6.61 Å². The largest absolute Gasteiger partial charge is 0.454 e. The van der Waals surface area contributed by atoms with Gasteiger partial charge in [0, 0.05) is 6.54 Å². The lowest BCUT2D eigenvalue weighted by Gasteiger charge is -2.19. The number of amides is 1. The van der Waals surface area contributed by atoms with Crippen molar-refractivity contribution in [3.05, 3.63) is 29.8 Å². The number of hydrogen-bond donors (Lipinski definition) is 2. The van der Waals surface area contributed by atoms with Gasteiger partial charge in [0.05, 0.1) is 4.90 Å². The summed E-state index contributed by atoms with van der Waals surface area (Å²) < 4.78 is 32.4. The van der Waals surface area contributed by atoms with Crippen LogP contribution in [0.1, 0.15) is 39.2 Å². The van der Waals surface area contributed by atoms with Gasteiger partial charge in [0.2, 0.25) is 10.0 Å². The molecule has 0 radical (unpaired) electrons.